The van der Waals surface area contributed by atoms with E-state index in [1.54, 1.807) is 35.0 Å². The molecule has 0 fully saturated rings. The fourth-order valence-corrected chi connectivity index (χ4v) is 3.05. The van der Waals surface area contributed by atoms with Gasteiger partial charge in [0.1, 0.15) is 12.4 Å². The van der Waals surface area contributed by atoms with Crippen LogP contribution < -0.4 is 10.1 Å². The summed E-state index contributed by atoms with van der Waals surface area (Å²) in [5, 5.41) is 7.91. The lowest BCUT2D eigenvalue weighted by Gasteiger charge is -2.07. The van der Waals surface area contributed by atoms with Gasteiger partial charge in [-0.25, -0.2) is 0 Å². The van der Waals surface area contributed by atoms with Crippen LogP contribution in [0.2, 0.25) is 5.02 Å². The molecule has 1 heterocycles. The fraction of sp³-hybridized carbons (Fsp3) is 0.0833. The molecule has 0 atom stereocenters. The topological polar surface area (TPSA) is 56.2 Å². The van der Waals surface area contributed by atoms with Crippen LogP contribution in [0.5, 0.6) is 5.75 Å². The molecule has 150 valence electrons. The number of nitrogens with zero attached hydrogens (tertiary/aromatic N) is 2. The number of carbonyl (C=O) groups excluding carboxylic acids is 1. The van der Waals surface area contributed by atoms with E-state index < -0.39 is 0 Å². The van der Waals surface area contributed by atoms with Crippen molar-refractivity contribution >= 4 is 23.3 Å². The van der Waals surface area contributed by atoms with Crippen LogP contribution in [0.25, 0.3) is 0 Å². The standard InChI is InChI=1S/C24H20ClN3O2/c25-21-10-12-22(13-11-21)30-17-19-6-8-20(9-7-19)24(29)26-23-14-15-28(27-23)16-18-4-2-1-3-5-18/h1-15H,16-17H2,(H,26,27,29). The average molecular weight is 418 g/mol. The molecule has 5 nitrogen and oxygen atoms in total. The lowest BCUT2D eigenvalue weighted by molar-refractivity contribution is 0.102. The number of carbonyl (C=O) groups is 1. The Bertz CT molecular complexity index is 1110. The summed E-state index contributed by atoms with van der Waals surface area (Å²) in [7, 11) is 0. The molecule has 3 aromatic carbocycles. The third-order valence-electron chi connectivity index (χ3n) is 4.50. The minimum atomic E-state index is -0.204. The van der Waals surface area contributed by atoms with Gasteiger partial charge in [-0.2, -0.15) is 5.10 Å². The second kappa shape index (κ2) is 9.29. The van der Waals surface area contributed by atoms with Crippen LogP contribution in [0.3, 0.4) is 0 Å². The number of aromatic nitrogens is 2. The molecule has 30 heavy (non-hydrogen) atoms. The molecule has 0 bridgehead atoms. The molecule has 4 aromatic rings. The summed E-state index contributed by atoms with van der Waals surface area (Å²) >= 11 is 5.87. The number of hydrogen-bond donors (Lipinski definition) is 1. The maximum Gasteiger partial charge on any atom is 0.256 e. The maximum atomic E-state index is 12.5. The Hall–Kier alpha value is -3.57. The fourth-order valence-electron chi connectivity index (χ4n) is 2.93. The van der Waals surface area contributed by atoms with E-state index in [9.17, 15) is 4.79 Å². The number of ether oxygens (including phenoxy) is 1. The Morgan fingerprint density at radius 2 is 1.63 bits per heavy atom. The zero-order chi connectivity index (χ0) is 20.8. The molecule has 0 aliphatic rings. The minimum Gasteiger partial charge on any atom is -0.489 e. The van der Waals surface area contributed by atoms with Crippen molar-refractivity contribution in [2.75, 3.05) is 5.32 Å². The zero-order valence-electron chi connectivity index (χ0n) is 16.2. The Balaban J connectivity index is 1.32. The number of rotatable bonds is 7. The van der Waals surface area contributed by atoms with E-state index >= 15 is 0 Å². The Labute approximate surface area is 179 Å². The molecule has 0 radical (unpaired) electrons. The second-order valence-corrected chi connectivity index (χ2v) is 7.21. The lowest BCUT2D eigenvalue weighted by Crippen LogP contribution is -2.13. The summed E-state index contributed by atoms with van der Waals surface area (Å²) in [6, 6.07) is 26.3. The lowest BCUT2D eigenvalue weighted by atomic mass is 10.1. The second-order valence-electron chi connectivity index (χ2n) is 6.78. The van der Waals surface area contributed by atoms with Gasteiger partial charge in [-0.1, -0.05) is 54.1 Å². The van der Waals surface area contributed by atoms with Crippen molar-refractivity contribution in [2.45, 2.75) is 13.2 Å². The summed E-state index contributed by atoms with van der Waals surface area (Å²) in [6.45, 7) is 1.06. The van der Waals surface area contributed by atoms with Crippen LogP contribution in [0.15, 0.2) is 91.1 Å². The third kappa shape index (κ3) is 5.27. The Morgan fingerprint density at radius 1 is 0.900 bits per heavy atom. The SMILES string of the molecule is O=C(Nc1ccn(Cc2ccccc2)n1)c1ccc(COc2ccc(Cl)cc2)cc1. The molecular formula is C24H20ClN3O2. The largest absolute Gasteiger partial charge is 0.489 e. The van der Waals surface area contributed by atoms with E-state index in [1.807, 2.05) is 60.8 Å². The first kappa shape index (κ1) is 19.7. The molecule has 4 rings (SSSR count). The summed E-state index contributed by atoms with van der Waals surface area (Å²) < 4.78 is 7.52. The number of halogens is 1. The Kier molecular flexibility index (Phi) is 6.11. The highest BCUT2D eigenvalue weighted by atomic mass is 35.5. The predicted octanol–water partition coefficient (Wildman–Crippen LogP) is 5.42. The van der Waals surface area contributed by atoms with Gasteiger partial charge in [-0.05, 0) is 47.5 Å². The molecule has 0 unspecified atom stereocenters. The number of nitrogens with one attached hydrogen (secondary N) is 1. The van der Waals surface area contributed by atoms with Gasteiger partial charge in [0.15, 0.2) is 5.82 Å². The number of anilines is 1. The van der Waals surface area contributed by atoms with Crippen LogP contribution in [0.4, 0.5) is 5.82 Å². The summed E-state index contributed by atoms with van der Waals surface area (Å²) in [5.41, 5.74) is 2.67. The third-order valence-corrected chi connectivity index (χ3v) is 4.76. The summed E-state index contributed by atoms with van der Waals surface area (Å²) in [5.74, 6) is 1.06. The molecular weight excluding hydrogens is 398 g/mol. The van der Waals surface area contributed by atoms with E-state index in [0.29, 0.717) is 29.6 Å². The van der Waals surface area contributed by atoms with Crippen molar-refractivity contribution in [2.24, 2.45) is 0 Å². The van der Waals surface area contributed by atoms with Gasteiger partial charge in [-0.3, -0.25) is 9.48 Å². The van der Waals surface area contributed by atoms with E-state index in [2.05, 4.69) is 10.4 Å². The summed E-state index contributed by atoms with van der Waals surface area (Å²) in [6.07, 6.45) is 1.85. The van der Waals surface area contributed by atoms with Gasteiger partial charge in [-0.15, -0.1) is 0 Å². The van der Waals surface area contributed by atoms with Gasteiger partial charge in [0.05, 0.1) is 6.54 Å². The van der Waals surface area contributed by atoms with E-state index in [1.165, 1.54) is 0 Å². The van der Waals surface area contributed by atoms with Gasteiger partial charge in [0.2, 0.25) is 0 Å². The molecule has 0 aliphatic carbocycles. The molecule has 1 N–H and O–H groups in total. The first-order chi connectivity index (χ1) is 14.7. The monoisotopic (exact) mass is 417 g/mol. The van der Waals surface area contributed by atoms with Gasteiger partial charge < -0.3 is 10.1 Å². The van der Waals surface area contributed by atoms with Crippen LogP contribution in [-0.2, 0) is 13.2 Å². The molecule has 0 saturated carbocycles. The molecule has 0 aliphatic heterocycles. The first-order valence-corrected chi connectivity index (χ1v) is 9.89. The van der Waals surface area contributed by atoms with Crippen LogP contribution >= 0.6 is 11.6 Å². The maximum absolute atomic E-state index is 12.5. The number of hydrogen-bond acceptors (Lipinski definition) is 3. The quantitative estimate of drug-likeness (QED) is 0.437. The predicted molar refractivity (Wildman–Crippen MR) is 118 cm³/mol. The van der Waals surface area contributed by atoms with Crippen LogP contribution in [0.1, 0.15) is 21.5 Å². The van der Waals surface area contributed by atoms with Crippen LogP contribution in [-0.4, -0.2) is 15.7 Å². The first-order valence-electron chi connectivity index (χ1n) is 9.52. The number of benzene rings is 3. The van der Waals surface area contributed by atoms with Gasteiger partial charge in [0, 0.05) is 22.8 Å². The molecule has 0 saturated heterocycles. The number of amides is 1. The van der Waals surface area contributed by atoms with E-state index in [4.69, 9.17) is 16.3 Å². The minimum absolute atomic E-state index is 0.204. The van der Waals surface area contributed by atoms with Crippen LogP contribution in [0, 0.1) is 0 Å². The smallest absolute Gasteiger partial charge is 0.256 e. The average Bonchev–Trinajstić information content (AvgIpc) is 3.21. The molecule has 1 amide bonds. The van der Waals surface area contributed by atoms with E-state index in [0.717, 1.165) is 16.9 Å². The van der Waals surface area contributed by atoms with E-state index in [-0.39, 0.29) is 5.91 Å². The van der Waals surface area contributed by atoms with Crippen molar-refractivity contribution in [1.82, 2.24) is 9.78 Å². The molecule has 6 heteroatoms. The highest BCUT2D eigenvalue weighted by Crippen LogP contribution is 2.17. The highest BCUT2D eigenvalue weighted by molar-refractivity contribution is 6.30. The van der Waals surface area contributed by atoms with Crippen molar-refractivity contribution in [3.8, 4) is 5.75 Å². The highest BCUT2D eigenvalue weighted by Gasteiger charge is 2.08. The van der Waals surface area contributed by atoms with Crippen molar-refractivity contribution in [1.29, 1.82) is 0 Å². The van der Waals surface area contributed by atoms with Gasteiger partial charge >= 0.3 is 0 Å². The van der Waals surface area contributed by atoms with Crippen molar-refractivity contribution in [3.63, 3.8) is 0 Å². The zero-order valence-corrected chi connectivity index (χ0v) is 16.9. The van der Waals surface area contributed by atoms with Gasteiger partial charge in [0.25, 0.3) is 5.91 Å². The molecule has 1 aromatic heterocycles. The van der Waals surface area contributed by atoms with Crippen molar-refractivity contribution in [3.05, 3.63) is 113 Å². The normalized spacial score (nSPS) is 10.6. The molecule has 0 spiro atoms. The van der Waals surface area contributed by atoms with Crippen molar-refractivity contribution < 1.29 is 9.53 Å². The summed E-state index contributed by atoms with van der Waals surface area (Å²) in [4.78, 5) is 12.5. The Morgan fingerprint density at radius 3 is 2.37 bits per heavy atom.